The summed E-state index contributed by atoms with van der Waals surface area (Å²) in [5, 5.41) is -0.0577. The van der Waals surface area contributed by atoms with Gasteiger partial charge in [0.25, 0.3) is 22.3 Å². The van der Waals surface area contributed by atoms with E-state index in [-0.39, 0.29) is 16.6 Å². The molecule has 0 spiro atoms. The van der Waals surface area contributed by atoms with Crippen LogP contribution in [0.15, 0.2) is 17.3 Å². The van der Waals surface area contributed by atoms with Crippen molar-refractivity contribution in [1.29, 1.82) is 0 Å². The number of imidazole rings is 1. The maximum absolute atomic E-state index is 14.1. The minimum atomic E-state index is -4.10. The number of rotatable bonds is 7. The largest absolute Gasteiger partial charge is 0.479 e. The third-order valence-corrected chi connectivity index (χ3v) is 5.27. The van der Waals surface area contributed by atoms with Gasteiger partial charge < -0.3 is 14.0 Å². The predicted octanol–water partition coefficient (Wildman–Crippen LogP) is 2.21. The summed E-state index contributed by atoms with van der Waals surface area (Å²) in [6.07, 6.45) is 0.836. The Labute approximate surface area is 153 Å². The zero-order valence-corrected chi connectivity index (χ0v) is 15.1. The number of anilines is 1. The highest BCUT2D eigenvalue weighted by atomic mass is 32.2. The number of methoxy groups -OCH3 is 1. The van der Waals surface area contributed by atoms with Crippen LogP contribution in [0, 0.1) is 5.82 Å². The number of sulfonamides is 1. The van der Waals surface area contributed by atoms with E-state index in [4.69, 9.17) is 4.74 Å². The van der Waals surface area contributed by atoms with Crippen molar-refractivity contribution in [2.75, 3.05) is 18.4 Å². The van der Waals surface area contributed by atoms with Crippen molar-refractivity contribution in [3.63, 3.8) is 0 Å². The average Bonchev–Trinajstić information content (AvgIpc) is 3.05. The molecule has 0 aromatic carbocycles. The van der Waals surface area contributed by atoms with Gasteiger partial charge >= 0.3 is 0 Å². The lowest BCUT2D eigenvalue weighted by molar-refractivity contribution is 0.0770. The van der Waals surface area contributed by atoms with Crippen LogP contribution in [0.25, 0.3) is 0 Å². The minimum absolute atomic E-state index is 0.0577. The average molecular weight is 406 g/mol. The number of hydrogen-bond acceptors (Lipinski definition) is 6. The highest BCUT2D eigenvalue weighted by Gasteiger charge is 2.26. The molecular weight excluding hydrogens is 389 g/mol. The molecule has 2 aromatic rings. The van der Waals surface area contributed by atoms with Crippen LogP contribution in [0.2, 0.25) is 0 Å². The van der Waals surface area contributed by atoms with Crippen LogP contribution >= 0.6 is 0 Å². The van der Waals surface area contributed by atoms with Crippen LogP contribution in [-0.2, 0) is 23.0 Å². The molecule has 1 N–H and O–H groups in total. The molecule has 1 aliphatic rings. The summed E-state index contributed by atoms with van der Waals surface area (Å²) < 4.78 is 77.2. The first-order chi connectivity index (χ1) is 12.8. The van der Waals surface area contributed by atoms with Gasteiger partial charge in [-0.1, -0.05) is 0 Å². The molecule has 27 heavy (non-hydrogen) atoms. The van der Waals surface area contributed by atoms with Gasteiger partial charge in [-0.15, -0.1) is 0 Å². The number of hydrogen-bond donors (Lipinski definition) is 1. The van der Waals surface area contributed by atoms with E-state index in [1.54, 1.807) is 4.57 Å². The number of fused-ring (bicyclic) bond motifs is 1. The number of nitrogens with one attached hydrogen (secondary N) is 1. The van der Waals surface area contributed by atoms with Crippen molar-refractivity contribution in [1.82, 2.24) is 14.5 Å². The molecule has 8 nitrogen and oxygen atoms in total. The third kappa shape index (κ3) is 4.10. The van der Waals surface area contributed by atoms with Gasteiger partial charge in [-0.3, -0.25) is 4.72 Å². The molecule has 2 aromatic heterocycles. The molecule has 148 valence electrons. The fraction of sp³-hybridized carbons (Fsp3) is 0.467. The second-order valence-electron chi connectivity index (χ2n) is 5.76. The van der Waals surface area contributed by atoms with Crippen molar-refractivity contribution in [3.8, 4) is 11.8 Å². The molecule has 12 heteroatoms. The smallest absolute Gasteiger partial charge is 0.279 e. The molecule has 0 unspecified atom stereocenters. The zero-order chi connectivity index (χ0) is 19.6. The number of aromatic nitrogens is 3. The molecule has 0 radical (unpaired) electrons. The van der Waals surface area contributed by atoms with Crippen LogP contribution in [-0.4, -0.2) is 43.1 Å². The van der Waals surface area contributed by atoms with Gasteiger partial charge in [0.2, 0.25) is 5.88 Å². The Bertz CT molecular complexity index is 933. The topological polar surface area (TPSA) is 95.3 Å². The highest BCUT2D eigenvalue weighted by Crippen LogP contribution is 2.31. The monoisotopic (exact) mass is 406 g/mol. The number of pyridine rings is 1. The molecule has 3 rings (SSSR count). The number of ether oxygens (including phenoxy) is 2. The Morgan fingerprint density at radius 1 is 1.33 bits per heavy atom. The van der Waals surface area contributed by atoms with Crippen LogP contribution in [0.3, 0.4) is 0 Å². The van der Waals surface area contributed by atoms with Gasteiger partial charge in [0.05, 0.1) is 13.3 Å². The summed E-state index contributed by atoms with van der Waals surface area (Å²) >= 11 is 0. The summed E-state index contributed by atoms with van der Waals surface area (Å²) in [6.45, 7) is -0.546. The van der Waals surface area contributed by atoms with E-state index in [0.717, 1.165) is 18.9 Å². The van der Waals surface area contributed by atoms with Crippen LogP contribution in [0.4, 0.5) is 18.9 Å². The van der Waals surface area contributed by atoms with Gasteiger partial charge in [-0.05, 0) is 12.8 Å². The molecule has 0 fully saturated rings. The van der Waals surface area contributed by atoms with E-state index >= 15 is 0 Å². The molecule has 1 aliphatic heterocycles. The van der Waals surface area contributed by atoms with E-state index in [0.29, 0.717) is 18.8 Å². The van der Waals surface area contributed by atoms with Crippen molar-refractivity contribution in [2.24, 2.45) is 0 Å². The lowest BCUT2D eigenvalue weighted by Gasteiger charge is -2.17. The standard InChI is InChI=1S/C15H17F3N4O4S/c1-25-15-10(6-9(16)14(20-15)26-8-11(17)18)21-27(23,24)13-7-19-12-4-2-3-5-22(12)13/h6-7,11,21H,2-5,8H2,1H3. The predicted molar refractivity (Wildman–Crippen MR) is 88.2 cm³/mol. The molecule has 0 bridgehead atoms. The van der Waals surface area contributed by atoms with Gasteiger partial charge in [-0.25, -0.2) is 18.2 Å². The Balaban J connectivity index is 1.90. The second kappa shape index (κ2) is 7.62. The fourth-order valence-electron chi connectivity index (χ4n) is 2.73. The van der Waals surface area contributed by atoms with E-state index in [9.17, 15) is 21.6 Å². The molecule has 0 amide bonds. The SMILES string of the molecule is COc1nc(OCC(F)F)c(F)cc1NS(=O)(=O)c1cnc2n1CCCC2. The van der Waals surface area contributed by atoms with Crippen LogP contribution in [0.1, 0.15) is 18.7 Å². The number of alkyl halides is 2. The summed E-state index contributed by atoms with van der Waals surface area (Å²) in [5.41, 5.74) is -0.286. The van der Waals surface area contributed by atoms with E-state index in [2.05, 4.69) is 19.4 Å². The Morgan fingerprint density at radius 2 is 2.11 bits per heavy atom. The maximum Gasteiger partial charge on any atom is 0.279 e. The Kier molecular flexibility index (Phi) is 5.44. The van der Waals surface area contributed by atoms with Gasteiger partial charge in [0.1, 0.15) is 11.5 Å². The van der Waals surface area contributed by atoms with E-state index in [1.165, 1.54) is 13.3 Å². The summed E-state index contributed by atoms with van der Waals surface area (Å²) in [5.74, 6) is -1.47. The Hall–Kier alpha value is -2.50. The summed E-state index contributed by atoms with van der Waals surface area (Å²) in [6, 6.07) is 0.762. The van der Waals surface area contributed by atoms with Gasteiger partial charge in [-0.2, -0.15) is 13.4 Å². The molecule has 0 aliphatic carbocycles. The first-order valence-corrected chi connectivity index (χ1v) is 9.53. The normalized spacial score (nSPS) is 14.1. The molecule has 0 saturated heterocycles. The lowest BCUT2D eigenvalue weighted by Crippen LogP contribution is -2.21. The van der Waals surface area contributed by atoms with Gasteiger partial charge in [0, 0.05) is 19.0 Å². The summed E-state index contributed by atoms with van der Waals surface area (Å²) in [7, 11) is -2.92. The molecule has 0 atom stereocenters. The lowest BCUT2D eigenvalue weighted by atomic mass is 10.2. The number of halogens is 3. The summed E-state index contributed by atoms with van der Waals surface area (Å²) in [4.78, 5) is 7.73. The molecule has 0 saturated carbocycles. The van der Waals surface area contributed by atoms with E-state index < -0.39 is 34.8 Å². The maximum atomic E-state index is 14.1. The Morgan fingerprint density at radius 3 is 2.81 bits per heavy atom. The van der Waals surface area contributed by atoms with Crippen molar-refractivity contribution < 1.29 is 31.1 Å². The highest BCUT2D eigenvalue weighted by molar-refractivity contribution is 7.92. The fourth-order valence-corrected chi connectivity index (χ4v) is 3.95. The second-order valence-corrected chi connectivity index (χ2v) is 7.39. The first kappa shape index (κ1) is 19.3. The van der Waals surface area contributed by atoms with Crippen LogP contribution in [0.5, 0.6) is 11.8 Å². The molecular formula is C15H17F3N4O4S. The van der Waals surface area contributed by atoms with Crippen LogP contribution < -0.4 is 14.2 Å². The first-order valence-electron chi connectivity index (χ1n) is 8.04. The zero-order valence-electron chi connectivity index (χ0n) is 14.3. The van der Waals surface area contributed by atoms with Crippen molar-refractivity contribution >= 4 is 15.7 Å². The number of nitrogens with zero attached hydrogens (tertiary/aromatic N) is 3. The van der Waals surface area contributed by atoms with Gasteiger partial charge in [0.15, 0.2) is 17.5 Å². The quantitative estimate of drug-likeness (QED) is 0.758. The number of aryl methyl sites for hydroxylation is 1. The third-order valence-electron chi connectivity index (χ3n) is 3.90. The van der Waals surface area contributed by atoms with Crippen molar-refractivity contribution in [3.05, 3.63) is 23.9 Å². The van der Waals surface area contributed by atoms with E-state index in [1.807, 2.05) is 0 Å². The van der Waals surface area contributed by atoms with Crippen molar-refractivity contribution in [2.45, 2.75) is 37.3 Å². The minimum Gasteiger partial charge on any atom is -0.479 e. The molecule has 3 heterocycles.